The van der Waals surface area contributed by atoms with Crippen LogP contribution >= 0.6 is 0 Å². The molecule has 1 aliphatic heterocycles. The van der Waals surface area contributed by atoms with E-state index in [0.29, 0.717) is 19.3 Å². The number of nitrogens with zero attached hydrogens (tertiary/aromatic N) is 1. The molecule has 98 valence electrons. The number of rotatable bonds is 2. The topological polar surface area (TPSA) is 75.7 Å². The molecular weight excluding hydrogens is 236 g/mol. The van der Waals surface area contributed by atoms with Crippen molar-refractivity contribution in [3.63, 3.8) is 0 Å². The third-order valence-electron chi connectivity index (χ3n) is 4.31. The molecular formula is C12H16N2O4. The Morgan fingerprint density at radius 1 is 1.28 bits per heavy atom. The first-order valence-electron chi connectivity index (χ1n) is 6.30. The Hall–Kier alpha value is -1.43. The molecule has 2 aliphatic carbocycles. The van der Waals surface area contributed by atoms with E-state index < -0.39 is 17.4 Å². The molecule has 3 aliphatic rings. The second-order valence-corrected chi connectivity index (χ2v) is 5.34. The smallest absolute Gasteiger partial charge is 0.331 e. The summed E-state index contributed by atoms with van der Waals surface area (Å²) in [7, 11) is 1.64. The minimum Gasteiger partial charge on any atom is -0.381 e. The summed E-state index contributed by atoms with van der Waals surface area (Å²) in [5.41, 5.74) is -0.931. The Morgan fingerprint density at radius 3 is 2.56 bits per heavy atom. The molecule has 2 unspecified atom stereocenters. The summed E-state index contributed by atoms with van der Waals surface area (Å²) in [5, 5.41) is 2.31. The van der Waals surface area contributed by atoms with Gasteiger partial charge in [0.25, 0.3) is 0 Å². The van der Waals surface area contributed by atoms with E-state index in [0.717, 1.165) is 12.8 Å². The van der Waals surface area contributed by atoms with Crippen LogP contribution in [0.25, 0.3) is 0 Å². The number of carbonyl (C=O) groups excluding carboxylic acids is 3. The lowest BCUT2D eigenvalue weighted by molar-refractivity contribution is -0.146. The zero-order valence-electron chi connectivity index (χ0n) is 10.3. The zero-order valence-corrected chi connectivity index (χ0v) is 10.3. The van der Waals surface area contributed by atoms with Gasteiger partial charge >= 0.3 is 6.03 Å². The van der Waals surface area contributed by atoms with E-state index in [1.807, 2.05) is 0 Å². The summed E-state index contributed by atoms with van der Waals surface area (Å²) in [5.74, 6) is -0.729. The predicted octanol–water partition coefficient (Wildman–Crippen LogP) is 0.412. The van der Waals surface area contributed by atoms with Crippen LogP contribution in [-0.2, 0) is 14.3 Å². The largest absolute Gasteiger partial charge is 0.381 e. The molecule has 6 nitrogen and oxygen atoms in total. The Morgan fingerprint density at radius 2 is 2.00 bits per heavy atom. The number of ether oxygens (including phenoxy) is 1. The number of nitrogens with one attached hydrogen (secondary N) is 1. The minimum atomic E-state index is -0.931. The SMILES string of the molecule is COC1CCC(N2C(=O)NC(=O)C3(CC3)C2=O)C1. The van der Waals surface area contributed by atoms with Crippen LogP contribution in [0.4, 0.5) is 4.79 Å². The van der Waals surface area contributed by atoms with Gasteiger partial charge in [0.2, 0.25) is 11.8 Å². The summed E-state index contributed by atoms with van der Waals surface area (Å²) in [6.45, 7) is 0. The lowest BCUT2D eigenvalue weighted by Gasteiger charge is -2.34. The molecule has 0 aromatic rings. The van der Waals surface area contributed by atoms with Crippen molar-refractivity contribution < 1.29 is 19.1 Å². The normalized spacial score (nSPS) is 34.1. The summed E-state index contributed by atoms with van der Waals surface area (Å²) < 4.78 is 5.25. The van der Waals surface area contributed by atoms with E-state index in [1.165, 1.54) is 4.90 Å². The maximum atomic E-state index is 12.3. The van der Waals surface area contributed by atoms with Gasteiger partial charge in [0.1, 0.15) is 5.41 Å². The number of imide groups is 2. The molecule has 3 rings (SSSR count). The highest BCUT2D eigenvalue weighted by molar-refractivity contribution is 6.21. The van der Waals surface area contributed by atoms with Gasteiger partial charge in [-0.1, -0.05) is 0 Å². The third kappa shape index (κ3) is 1.48. The van der Waals surface area contributed by atoms with Gasteiger partial charge in [-0.05, 0) is 32.1 Å². The van der Waals surface area contributed by atoms with Gasteiger partial charge < -0.3 is 4.74 Å². The molecule has 18 heavy (non-hydrogen) atoms. The van der Waals surface area contributed by atoms with Crippen molar-refractivity contribution in [2.24, 2.45) is 5.41 Å². The molecule has 0 aromatic carbocycles. The monoisotopic (exact) mass is 252 g/mol. The van der Waals surface area contributed by atoms with E-state index in [2.05, 4.69) is 5.32 Å². The Bertz CT molecular complexity index is 430. The summed E-state index contributed by atoms with van der Waals surface area (Å²) in [6.07, 6.45) is 3.48. The third-order valence-corrected chi connectivity index (χ3v) is 4.31. The quantitative estimate of drug-likeness (QED) is 0.722. The Labute approximate surface area is 105 Å². The molecule has 2 saturated carbocycles. The molecule has 1 saturated heterocycles. The van der Waals surface area contributed by atoms with E-state index in [-0.39, 0.29) is 18.1 Å². The van der Waals surface area contributed by atoms with E-state index in [1.54, 1.807) is 7.11 Å². The maximum absolute atomic E-state index is 12.3. The van der Waals surface area contributed by atoms with Crippen LogP contribution in [0.1, 0.15) is 32.1 Å². The van der Waals surface area contributed by atoms with Gasteiger partial charge in [-0.15, -0.1) is 0 Å². The van der Waals surface area contributed by atoms with E-state index in [9.17, 15) is 14.4 Å². The van der Waals surface area contributed by atoms with Crippen molar-refractivity contribution >= 4 is 17.8 Å². The molecule has 1 N–H and O–H groups in total. The fourth-order valence-corrected chi connectivity index (χ4v) is 2.96. The van der Waals surface area contributed by atoms with Gasteiger partial charge in [0.05, 0.1) is 6.10 Å². The number of carbonyl (C=O) groups is 3. The van der Waals surface area contributed by atoms with Gasteiger partial charge in [0, 0.05) is 13.2 Å². The number of urea groups is 1. The summed E-state index contributed by atoms with van der Waals surface area (Å²) in [6, 6.07) is -0.697. The van der Waals surface area contributed by atoms with Crippen LogP contribution in [0, 0.1) is 5.41 Å². The average molecular weight is 252 g/mol. The van der Waals surface area contributed by atoms with Crippen LogP contribution in [-0.4, -0.2) is 42.0 Å². The fourth-order valence-electron chi connectivity index (χ4n) is 2.96. The van der Waals surface area contributed by atoms with Crippen LogP contribution < -0.4 is 5.32 Å². The number of amides is 4. The number of hydrogen-bond donors (Lipinski definition) is 1. The standard InChI is InChI=1S/C12H16N2O4/c1-18-8-3-2-7(6-8)14-10(16)12(4-5-12)9(15)13-11(14)17/h7-8H,2-6H2,1H3,(H,13,15,17). The number of hydrogen-bond acceptors (Lipinski definition) is 4. The van der Waals surface area contributed by atoms with Crippen molar-refractivity contribution in [3.05, 3.63) is 0 Å². The summed E-state index contributed by atoms with van der Waals surface area (Å²) >= 11 is 0. The maximum Gasteiger partial charge on any atom is 0.331 e. The molecule has 0 bridgehead atoms. The molecule has 1 heterocycles. The first kappa shape index (κ1) is 11.6. The predicted molar refractivity (Wildman–Crippen MR) is 60.5 cm³/mol. The fraction of sp³-hybridized carbons (Fsp3) is 0.750. The molecule has 0 aromatic heterocycles. The van der Waals surface area contributed by atoms with Crippen molar-refractivity contribution in [2.45, 2.75) is 44.2 Å². The highest BCUT2D eigenvalue weighted by Gasteiger charge is 2.63. The van der Waals surface area contributed by atoms with Crippen LogP contribution in [0.2, 0.25) is 0 Å². The molecule has 1 spiro atoms. The van der Waals surface area contributed by atoms with Crippen LogP contribution in [0.15, 0.2) is 0 Å². The lowest BCUT2D eigenvalue weighted by atomic mass is 10.00. The summed E-state index contributed by atoms with van der Waals surface area (Å²) in [4.78, 5) is 37.1. The van der Waals surface area contributed by atoms with Crippen LogP contribution in [0.5, 0.6) is 0 Å². The van der Waals surface area contributed by atoms with E-state index in [4.69, 9.17) is 4.74 Å². The Balaban J connectivity index is 1.81. The Kier molecular flexibility index (Phi) is 2.45. The molecule has 2 atom stereocenters. The second-order valence-electron chi connectivity index (χ2n) is 5.34. The number of barbiturate groups is 1. The molecule has 0 radical (unpaired) electrons. The first-order chi connectivity index (χ1) is 8.58. The van der Waals surface area contributed by atoms with Crippen molar-refractivity contribution in [2.75, 3.05) is 7.11 Å². The molecule has 6 heteroatoms. The highest BCUT2D eigenvalue weighted by atomic mass is 16.5. The van der Waals surface area contributed by atoms with Crippen molar-refractivity contribution in [1.29, 1.82) is 0 Å². The van der Waals surface area contributed by atoms with Crippen molar-refractivity contribution in [1.82, 2.24) is 10.2 Å². The average Bonchev–Trinajstić information content (AvgIpc) is 3.02. The van der Waals surface area contributed by atoms with Gasteiger partial charge in [-0.25, -0.2) is 4.79 Å². The molecule has 3 fully saturated rings. The van der Waals surface area contributed by atoms with E-state index >= 15 is 0 Å². The number of methoxy groups -OCH3 is 1. The van der Waals surface area contributed by atoms with Gasteiger partial charge in [-0.3, -0.25) is 19.8 Å². The highest BCUT2D eigenvalue weighted by Crippen LogP contribution is 2.50. The first-order valence-corrected chi connectivity index (χ1v) is 6.30. The zero-order chi connectivity index (χ0) is 12.9. The van der Waals surface area contributed by atoms with Gasteiger partial charge in [0.15, 0.2) is 0 Å². The lowest BCUT2D eigenvalue weighted by Crippen LogP contribution is -2.61. The van der Waals surface area contributed by atoms with Crippen molar-refractivity contribution in [3.8, 4) is 0 Å². The van der Waals surface area contributed by atoms with Gasteiger partial charge in [-0.2, -0.15) is 0 Å². The second kappa shape index (κ2) is 3.78. The molecule has 4 amide bonds. The minimum absolute atomic E-state index is 0.100. The van der Waals surface area contributed by atoms with Crippen LogP contribution in [0.3, 0.4) is 0 Å².